The molecule has 0 unspecified atom stereocenters. The number of rotatable bonds is 1. The number of benzene rings is 1. The summed E-state index contributed by atoms with van der Waals surface area (Å²) in [6.07, 6.45) is 0. The highest BCUT2D eigenvalue weighted by Crippen LogP contribution is 2.14. The van der Waals surface area contributed by atoms with E-state index in [2.05, 4.69) is 10.3 Å². The number of fused-ring (bicyclic) bond motifs is 1. The number of hydrogen-bond donors (Lipinski definition) is 1. The molecule has 0 saturated carbocycles. The third kappa shape index (κ3) is 0.887. The van der Waals surface area contributed by atoms with Crippen LogP contribution in [0.5, 0.6) is 0 Å². The van der Waals surface area contributed by atoms with Gasteiger partial charge in [0.1, 0.15) is 5.52 Å². The van der Waals surface area contributed by atoms with Gasteiger partial charge in [-0.1, -0.05) is 17.3 Å². The lowest BCUT2D eigenvalue weighted by Gasteiger charge is -1.98. The molecule has 1 N–H and O–H groups in total. The van der Waals surface area contributed by atoms with E-state index in [0.717, 1.165) is 16.6 Å². The number of aromatic nitrogens is 3. The van der Waals surface area contributed by atoms with Gasteiger partial charge in [0.15, 0.2) is 0 Å². The molecule has 12 heavy (non-hydrogen) atoms. The van der Waals surface area contributed by atoms with Gasteiger partial charge in [-0.25, -0.2) is 4.68 Å². The predicted octanol–water partition coefficient (Wildman–Crippen LogP) is 0.461. The molecule has 4 nitrogen and oxygen atoms in total. The first kappa shape index (κ1) is 7.24. The maximum Gasteiger partial charge on any atom is 0.113 e. The van der Waals surface area contributed by atoms with Crippen molar-refractivity contribution in [3.63, 3.8) is 0 Å². The van der Waals surface area contributed by atoms with Gasteiger partial charge in [0, 0.05) is 12.6 Å². The van der Waals surface area contributed by atoms with Gasteiger partial charge in [-0.3, -0.25) is 0 Å². The highest BCUT2D eigenvalue weighted by molar-refractivity contribution is 5.77. The van der Waals surface area contributed by atoms with E-state index < -0.39 is 0 Å². The molecule has 1 aromatic carbocycles. The minimum atomic E-state index is 0.0263. The van der Waals surface area contributed by atoms with Crippen LogP contribution in [-0.2, 0) is 13.7 Å². The first-order chi connectivity index (χ1) is 5.83. The second-order valence-electron chi connectivity index (χ2n) is 2.66. The van der Waals surface area contributed by atoms with Crippen molar-refractivity contribution in [1.82, 2.24) is 15.0 Å². The molecule has 0 amide bonds. The fraction of sp³-hybridized carbons (Fsp3) is 0.250. The monoisotopic (exact) mass is 163 g/mol. The highest BCUT2D eigenvalue weighted by atomic mass is 16.3. The molecule has 0 aliphatic rings. The van der Waals surface area contributed by atoms with Crippen LogP contribution in [0.25, 0.3) is 11.0 Å². The number of aliphatic hydroxyl groups is 1. The summed E-state index contributed by atoms with van der Waals surface area (Å²) in [6.45, 7) is 0.0263. The zero-order valence-electron chi connectivity index (χ0n) is 6.73. The fourth-order valence-corrected chi connectivity index (χ4v) is 1.32. The van der Waals surface area contributed by atoms with Crippen LogP contribution in [0, 0.1) is 0 Å². The van der Waals surface area contributed by atoms with Gasteiger partial charge in [0.2, 0.25) is 0 Å². The van der Waals surface area contributed by atoms with E-state index >= 15 is 0 Å². The van der Waals surface area contributed by atoms with Gasteiger partial charge in [-0.2, -0.15) is 0 Å². The first-order valence-corrected chi connectivity index (χ1v) is 3.71. The van der Waals surface area contributed by atoms with Crippen molar-refractivity contribution in [2.45, 2.75) is 6.61 Å². The topological polar surface area (TPSA) is 50.9 Å². The van der Waals surface area contributed by atoms with Crippen LogP contribution >= 0.6 is 0 Å². The molecule has 0 aliphatic heterocycles. The van der Waals surface area contributed by atoms with Gasteiger partial charge in [-0.05, 0) is 6.07 Å². The normalized spacial score (nSPS) is 10.8. The number of para-hydroxylation sites is 1. The molecule has 0 fully saturated rings. The summed E-state index contributed by atoms with van der Waals surface area (Å²) in [5, 5.41) is 16.8. The van der Waals surface area contributed by atoms with Crippen molar-refractivity contribution in [3.8, 4) is 0 Å². The molecular formula is C8H9N3O. The largest absolute Gasteiger partial charge is 0.392 e. The third-order valence-electron chi connectivity index (χ3n) is 1.88. The fourth-order valence-electron chi connectivity index (χ4n) is 1.32. The Balaban J connectivity index is 2.84. The van der Waals surface area contributed by atoms with E-state index in [9.17, 15) is 0 Å². The summed E-state index contributed by atoms with van der Waals surface area (Å²) >= 11 is 0. The maximum absolute atomic E-state index is 9.01. The Morgan fingerprint density at radius 2 is 2.33 bits per heavy atom. The van der Waals surface area contributed by atoms with Crippen LogP contribution < -0.4 is 0 Å². The van der Waals surface area contributed by atoms with Crippen molar-refractivity contribution >= 4 is 11.0 Å². The summed E-state index contributed by atoms with van der Waals surface area (Å²) in [5.74, 6) is 0. The maximum atomic E-state index is 9.01. The first-order valence-electron chi connectivity index (χ1n) is 3.71. The van der Waals surface area contributed by atoms with Crippen molar-refractivity contribution in [3.05, 3.63) is 23.8 Å². The van der Waals surface area contributed by atoms with Gasteiger partial charge in [-0.15, -0.1) is 5.10 Å². The second-order valence-corrected chi connectivity index (χ2v) is 2.66. The zero-order valence-corrected chi connectivity index (χ0v) is 6.73. The van der Waals surface area contributed by atoms with E-state index in [1.807, 2.05) is 25.2 Å². The smallest absolute Gasteiger partial charge is 0.113 e. The van der Waals surface area contributed by atoms with Crippen LogP contribution in [0.1, 0.15) is 5.56 Å². The minimum Gasteiger partial charge on any atom is -0.392 e. The summed E-state index contributed by atoms with van der Waals surface area (Å²) < 4.78 is 1.67. The van der Waals surface area contributed by atoms with Crippen molar-refractivity contribution in [2.75, 3.05) is 0 Å². The Morgan fingerprint density at radius 3 is 3.08 bits per heavy atom. The lowest BCUT2D eigenvalue weighted by molar-refractivity contribution is 0.283. The number of hydrogen-bond acceptors (Lipinski definition) is 3. The van der Waals surface area contributed by atoms with E-state index in [0.29, 0.717) is 0 Å². The molecule has 4 heteroatoms. The Hall–Kier alpha value is -1.42. The molecule has 0 radical (unpaired) electrons. The van der Waals surface area contributed by atoms with E-state index in [4.69, 9.17) is 5.11 Å². The van der Waals surface area contributed by atoms with E-state index in [1.165, 1.54) is 0 Å². The Morgan fingerprint density at radius 1 is 1.50 bits per heavy atom. The van der Waals surface area contributed by atoms with Gasteiger partial charge in [0.05, 0.1) is 12.1 Å². The van der Waals surface area contributed by atoms with Crippen LogP contribution in [0.2, 0.25) is 0 Å². The molecule has 0 spiro atoms. The third-order valence-corrected chi connectivity index (χ3v) is 1.88. The zero-order chi connectivity index (χ0) is 8.55. The Bertz CT molecular complexity index is 408. The van der Waals surface area contributed by atoms with Crippen molar-refractivity contribution in [1.29, 1.82) is 0 Å². The van der Waals surface area contributed by atoms with E-state index in [1.54, 1.807) is 4.68 Å². The molecule has 1 heterocycles. The molecule has 2 aromatic rings. The molecule has 62 valence electrons. The van der Waals surface area contributed by atoms with Crippen LogP contribution in [-0.4, -0.2) is 20.1 Å². The van der Waals surface area contributed by atoms with Crippen molar-refractivity contribution in [2.24, 2.45) is 7.05 Å². The van der Waals surface area contributed by atoms with Crippen LogP contribution in [0.3, 0.4) is 0 Å². The Kier molecular flexibility index (Phi) is 1.55. The lowest BCUT2D eigenvalue weighted by Crippen LogP contribution is -1.94. The summed E-state index contributed by atoms with van der Waals surface area (Å²) in [7, 11) is 1.81. The van der Waals surface area contributed by atoms with Crippen LogP contribution in [0.15, 0.2) is 18.2 Å². The summed E-state index contributed by atoms with van der Waals surface area (Å²) in [4.78, 5) is 0. The molecular weight excluding hydrogens is 154 g/mol. The van der Waals surface area contributed by atoms with E-state index in [-0.39, 0.29) is 6.61 Å². The molecule has 0 bridgehead atoms. The second kappa shape index (κ2) is 2.57. The number of nitrogens with zero attached hydrogens (tertiary/aromatic N) is 3. The SMILES string of the molecule is Cn1nnc2cccc(CO)c21. The predicted molar refractivity (Wildman–Crippen MR) is 44.4 cm³/mol. The summed E-state index contributed by atoms with van der Waals surface area (Å²) in [5.41, 5.74) is 2.59. The van der Waals surface area contributed by atoms with Crippen molar-refractivity contribution < 1.29 is 5.11 Å². The quantitative estimate of drug-likeness (QED) is 0.664. The molecule has 0 aliphatic carbocycles. The van der Waals surface area contributed by atoms with Gasteiger partial charge in [0.25, 0.3) is 0 Å². The summed E-state index contributed by atoms with van der Waals surface area (Å²) in [6, 6.07) is 5.61. The lowest BCUT2D eigenvalue weighted by atomic mass is 10.2. The molecule has 0 atom stereocenters. The molecule has 2 rings (SSSR count). The van der Waals surface area contributed by atoms with Crippen LogP contribution in [0.4, 0.5) is 0 Å². The standard InChI is InChI=1S/C8H9N3O/c1-11-8-6(5-12)3-2-4-7(8)9-10-11/h2-4,12H,5H2,1H3. The minimum absolute atomic E-state index is 0.0263. The van der Waals surface area contributed by atoms with Gasteiger partial charge < -0.3 is 5.11 Å². The average molecular weight is 163 g/mol. The number of aryl methyl sites for hydroxylation is 1. The number of aliphatic hydroxyl groups excluding tert-OH is 1. The average Bonchev–Trinajstić information content (AvgIpc) is 2.48. The van der Waals surface area contributed by atoms with Gasteiger partial charge >= 0.3 is 0 Å². The highest BCUT2D eigenvalue weighted by Gasteiger charge is 2.04. The molecule has 0 saturated heterocycles. The molecule has 1 aromatic heterocycles. The Labute approximate surface area is 69.4 Å².